The van der Waals surface area contributed by atoms with Crippen LogP contribution in [0.15, 0.2) is 0 Å². The lowest BCUT2D eigenvalue weighted by atomic mass is 10.1. The van der Waals surface area contributed by atoms with Crippen LogP contribution in [0.5, 0.6) is 0 Å². The summed E-state index contributed by atoms with van der Waals surface area (Å²) in [6.45, 7) is 6.75. The molecular weight excluding hydrogens is 230 g/mol. The summed E-state index contributed by atoms with van der Waals surface area (Å²) in [5.74, 6) is 3.31. The first-order valence-electron chi connectivity index (χ1n) is 6.84. The molecular formula is C13H29N3S. The van der Waals surface area contributed by atoms with Crippen molar-refractivity contribution in [2.24, 2.45) is 11.7 Å². The molecule has 0 aromatic rings. The molecule has 2 atom stereocenters. The summed E-state index contributed by atoms with van der Waals surface area (Å²) in [5.41, 5.74) is 5.90. The molecule has 0 amide bonds. The number of hydrogen-bond donors (Lipinski definition) is 1. The van der Waals surface area contributed by atoms with E-state index in [1.54, 1.807) is 0 Å². The minimum Gasteiger partial charge on any atom is -0.329 e. The van der Waals surface area contributed by atoms with E-state index in [0.717, 1.165) is 12.5 Å². The molecule has 1 aliphatic rings. The summed E-state index contributed by atoms with van der Waals surface area (Å²) in [7, 11) is 4.46. The predicted molar refractivity (Wildman–Crippen MR) is 78.7 cm³/mol. The molecule has 102 valence electrons. The lowest BCUT2D eigenvalue weighted by molar-refractivity contribution is 0.206. The average Bonchev–Trinajstić information content (AvgIpc) is 2.70. The molecule has 2 N–H and O–H groups in total. The molecule has 1 fully saturated rings. The molecule has 0 aliphatic carbocycles. The van der Waals surface area contributed by atoms with E-state index in [9.17, 15) is 0 Å². The summed E-state index contributed by atoms with van der Waals surface area (Å²) in [6, 6.07) is 0.569. The Balaban J connectivity index is 2.25. The lowest BCUT2D eigenvalue weighted by Gasteiger charge is -2.29. The maximum Gasteiger partial charge on any atom is 0.0223 e. The second-order valence-electron chi connectivity index (χ2n) is 5.23. The third-order valence-corrected chi connectivity index (χ3v) is 4.66. The molecule has 0 aromatic heterocycles. The van der Waals surface area contributed by atoms with Crippen molar-refractivity contribution in [1.29, 1.82) is 0 Å². The number of nitrogens with two attached hydrogens (primary N) is 1. The Morgan fingerprint density at radius 2 is 2.29 bits per heavy atom. The molecule has 1 heterocycles. The SMILES string of the molecule is CCSCCC(CN)N(C)CC1CCN(C)C1. The maximum absolute atomic E-state index is 5.90. The minimum atomic E-state index is 0.569. The lowest BCUT2D eigenvalue weighted by Crippen LogP contribution is -2.41. The van der Waals surface area contributed by atoms with Crippen LogP contribution in [0, 0.1) is 5.92 Å². The van der Waals surface area contributed by atoms with Gasteiger partial charge in [-0.25, -0.2) is 0 Å². The molecule has 3 nitrogen and oxygen atoms in total. The predicted octanol–water partition coefficient (Wildman–Crippen LogP) is 1.34. The van der Waals surface area contributed by atoms with Crippen molar-refractivity contribution < 1.29 is 0 Å². The first-order valence-corrected chi connectivity index (χ1v) is 7.99. The number of likely N-dealkylation sites (N-methyl/N-ethyl adjacent to an activating group) is 1. The summed E-state index contributed by atoms with van der Waals surface area (Å²) in [4.78, 5) is 4.92. The van der Waals surface area contributed by atoms with Crippen molar-refractivity contribution in [2.45, 2.75) is 25.8 Å². The van der Waals surface area contributed by atoms with Crippen molar-refractivity contribution in [3.05, 3.63) is 0 Å². The van der Waals surface area contributed by atoms with Crippen LogP contribution in [-0.4, -0.2) is 67.6 Å². The molecule has 17 heavy (non-hydrogen) atoms. The fourth-order valence-electron chi connectivity index (χ4n) is 2.61. The second kappa shape index (κ2) is 8.35. The fraction of sp³-hybridized carbons (Fsp3) is 1.00. The summed E-state index contributed by atoms with van der Waals surface area (Å²) < 4.78 is 0. The van der Waals surface area contributed by atoms with Crippen LogP contribution in [0.1, 0.15) is 19.8 Å². The molecule has 0 spiro atoms. The standard InChI is InChI=1S/C13H29N3S/c1-4-17-8-6-13(9-14)16(3)11-12-5-7-15(2)10-12/h12-13H,4-11,14H2,1-3H3. The Morgan fingerprint density at radius 1 is 1.53 bits per heavy atom. The molecule has 1 aliphatic heterocycles. The summed E-state index contributed by atoms with van der Waals surface area (Å²) in [5, 5.41) is 0. The average molecular weight is 259 g/mol. The number of likely N-dealkylation sites (tertiary alicyclic amines) is 1. The van der Waals surface area contributed by atoms with E-state index >= 15 is 0 Å². The quantitative estimate of drug-likeness (QED) is 0.667. The minimum absolute atomic E-state index is 0.569. The van der Waals surface area contributed by atoms with Gasteiger partial charge in [0.2, 0.25) is 0 Å². The van der Waals surface area contributed by atoms with Crippen LogP contribution >= 0.6 is 11.8 Å². The topological polar surface area (TPSA) is 32.5 Å². The Hall–Kier alpha value is 0.230. The highest BCUT2D eigenvalue weighted by Gasteiger charge is 2.23. The Morgan fingerprint density at radius 3 is 2.82 bits per heavy atom. The molecule has 4 heteroatoms. The van der Waals surface area contributed by atoms with E-state index in [1.807, 2.05) is 11.8 Å². The van der Waals surface area contributed by atoms with Gasteiger partial charge in [-0.15, -0.1) is 0 Å². The van der Waals surface area contributed by atoms with Gasteiger partial charge in [0.15, 0.2) is 0 Å². The van der Waals surface area contributed by atoms with Gasteiger partial charge >= 0.3 is 0 Å². The zero-order valence-corrected chi connectivity index (χ0v) is 12.5. The molecule has 0 bridgehead atoms. The largest absolute Gasteiger partial charge is 0.329 e. The van der Waals surface area contributed by atoms with E-state index in [1.165, 1.54) is 44.0 Å². The molecule has 1 rings (SSSR count). The van der Waals surface area contributed by atoms with E-state index in [2.05, 4.69) is 30.8 Å². The van der Waals surface area contributed by atoms with E-state index in [0.29, 0.717) is 6.04 Å². The molecule has 0 aromatic carbocycles. The van der Waals surface area contributed by atoms with Crippen LogP contribution in [0.25, 0.3) is 0 Å². The summed E-state index contributed by atoms with van der Waals surface area (Å²) >= 11 is 2.02. The van der Waals surface area contributed by atoms with Gasteiger partial charge in [-0.3, -0.25) is 0 Å². The van der Waals surface area contributed by atoms with Gasteiger partial charge in [0.25, 0.3) is 0 Å². The molecule has 2 unspecified atom stereocenters. The van der Waals surface area contributed by atoms with Crippen LogP contribution in [0.4, 0.5) is 0 Å². The van der Waals surface area contributed by atoms with Crippen molar-refractivity contribution in [3.8, 4) is 0 Å². The van der Waals surface area contributed by atoms with Gasteiger partial charge in [0.05, 0.1) is 0 Å². The fourth-order valence-corrected chi connectivity index (χ4v) is 3.34. The normalized spacial score (nSPS) is 23.5. The molecule has 0 saturated carbocycles. The van der Waals surface area contributed by atoms with Crippen LogP contribution < -0.4 is 5.73 Å². The highest BCUT2D eigenvalue weighted by molar-refractivity contribution is 7.99. The first kappa shape index (κ1) is 15.3. The van der Waals surface area contributed by atoms with Crippen LogP contribution in [0.2, 0.25) is 0 Å². The monoisotopic (exact) mass is 259 g/mol. The second-order valence-corrected chi connectivity index (χ2v) is 6.63. The number of hydrogen-bond acceptors (Lipinski definition) is 4. The highest BCUT2D eigenvalue weighted by atomic mass is 32.2. The van der Waals surface area contributed by atoms with E-state index in [-0.39, 0.29) is 0 Å². The smallest absolute Gasteiger partial charge is 0.0223 e. The van der Waals surface area contributed by atoms with E-state index < -0.39 is 0 Å². The Bertz CT molecular complexity index is 201. The van der Waals surface area contributed by atoms with Crippen LogP contribution in [-0.2, 0) is 0 Å². The van der Waals surface area contributed by atoms with Crippen molar-refractivity contribution in [1.82, 2.24) is 9.80 Å². The number of nitrogens with zero attached hydrogens (tertiary/aromatic N) is 2. The van der Waals surface area contributed by atoms with Crippen molar-refractivity contribution in [2.75, 3.05) is 51.8 Å². The van der Waals surface area contributed by atoms with Gasteiger partial charge in [0, 0.05) is 25.7 Å². The molecule has 0 radical (unpaired) electrons. The Labute approximate surface area is 111 Å². The Kier molecular flexibility index (Phi) is 7.51. The van der Waals surface area contributed by atoms with Gasteiger partial charge in [0.1, 0.15) is 0 Å². The molecule has 1 saturated heterocycles. The zero-order valence-electron chi connectivity index (χ0n) is 11.7. The van der Waals surface area contributed by atoms with Crippen molar-refractivity contribution in [3.63, 3.8) is 0 Å². The number of thioether (sulfide) groups is 1. The third-order valence-electron chi connectivity index (χ3n) is 3.73. The van der Waals surface area contributed by atoms with Gasteiger partial charge in [-0.1, -0.05) is 6.92 Å². The van der Waals surface area contributed by atoms with E-state index in [4.69, 9.17) is 5.73 Å². The van der Waals surface area contributed by atoms with Gasteiger partial charge in [-0.2, -0.15) is 11.8 Å². The highest BCUT2D eigenvalue weighted by Crippen LogP contribution is 2.17. The third kappa shape index (κ3) is 5.60. The van der Waals surface area contributed by atoms with Crippen LogP contribution in [0.3, 0.4) is 0 Å². The summed E-state index contributed by atoms with van der Waals surface area (Å²) in [6.07, 6.45) is 2.58. The maximum atomic E-state index is 5.90. The van der Waals surface area contributed by atoms with Gasteiger partial charge in [-0.05, 0) is 50.9 Å². The number of rotatable bonds is 8. The van der Waals surface area contributed by atoms with Crippen molar-refractivity contribution >= 4 is 11.8 Å². The zero-order chi connectivity index (χ0) is 12.7. The first-order chi connectivity index (χ1) is 8.17. The van der Waals surface area contributed by atoms with Gasteiger partial charge < -0.3 is 15.5 Å².